The molecule has 0 radical (unpaired) electrons. The number of hydrogen-bond donors (Lipinski definition) is 0. The van der Waals surface area contributed by atoms with Crippen LogP contribution in [-0.2, 0) is 0 Å². The van der Waals surface area contributed by atoms with Gasteiger partial charge in [0, 0.05) is 50.2 Å². The van der Waals surface area contributed by atoms with Gasteiger partial charge in [-0.3, -0.25) is 0 Å². The summed E-state index contributed by atoms with van der Waals surface area (Å²) in [4.78, 5) is 10.4. The lowest BCUT2D eigenvalue weighted by molar-refractivity contribution is 1.11. The summed E-state index contributed by atoms with van der Waals surface area (Å²) in [5, 5.41) is 4.70. The van der Waals surface area contributed by atoms with Gasteiger partial charge in [-0.2, -0.15) is 0 Å². The number of fused-ring (bicyclic) bond motifs is 6. The standard InChI is InChI=1S/C46H30N4/c1-3-13-31(14-4-1)36-17-7-8-19-38(36)43-40-20-9-11-21-41(40)47-46(48-43)33-23-26-35(27-24-33)50-42-22-12-10-18-37(42)39-28-25-32-29-30-49(44(32)45(39)50)34-15-5-2-6-16-34/h1-30H. The SMILES string of the molecule is c1ccc(-c2ccccc2-c2nc(-c3ccc(-n4c5ccccc5c5ccc6ccn(-c7ccccc7)c6c54)cc3)nc3ccccc23)cc1. The molecule has 0 atom stereocenters. The number of benzene rings is 7. The molecule has 0 aliphatic rings. The van der Waals surface area contributed by atoms with E-state index in [0.717, 1.165) is 50.2 Å². The van der Waals surface area contributed by atoms with Crippen LogP contribution in [0.3, 0.4) is 0 Å². The number of aromatic nitrogens is 4. The van der Waals surface area contributed by atoms with Crippen molar-refractivity contribution in [1.82, 2.24) is 19.1 Å². The fourth-order valence-corrected chi connectivity index (χ4v) is 7.47. The van der Waals surface area contributed by atoms with E-state index in [1.54, 1.807) is 0 Å². The zero-order chi connectivity index (χ0) is 33.0. The van der Waals surface area contributed by atoms with Gasteiger partial charge in [-0.25, -0.2) is 9.97 Å². The van der Waals surface area contributed by atoms with E-state index in [1.807, 2.05) is 6.07 Å². The second-order valence-corrected chi connectivity index (χ2v) is 12.6. The first-order valence-electron chi connectivity index (χ1n) is 16.9. The Kier molecular flexibility index (Phi) is 6.46. The summed E-state index contributed by atoms with van der Waals surface area (Å²) in [6, 6.07) is 62.0. The molecular formula is C46H30N4. The number of para-hydroxylation sites is 3. The Labute approximate surface area is 289 Å². The highest BCUT2D eigenvalue weighted by molar-refractivity contribution is 6.18. The van der Waals surface area contributed by atoms with Crippen LogP contribution >= 0.6 is 0 Å². The van der Waals surface area contributed by atoms with Crippen molar-refractivity contribution < 1.29 is 0 Å². The third-order valence-corrected chi connectivity index (χ3v) is 9.77. The van der Waals surface area contributed by atoms with Gasteiger partial charge < -0.3 is 9.13 Å². The minimum atomic E-state index is 0.704. The summed E-state index contributed by atoms with van der Waals surface area (Å²) >= 11 is 0. The molecule has 0 saturated heterocycles. The maximum Gasteiger partial charge on any atom is 0.160 e. The summed E-state index contributed by atoms with van der Waals surface area (Å²) in [6.45, 7) is 0. The summed E-state index contributed by atoms with van der Waals surface area (Å²) in [7, 11) is 0. The van der Waals surface area contributed by atoms with Crippen molar-refractivity contribution in [3.63, 3.8) is 0 Å². The Hall–Kier alpha value is -6.78. The zero-order valence-corrected chi connectivity index (χ0v) is 27.1. The highest BCUT2D eigenvalue weighted by Crippen LogP contribution is 2.39. The predicted octanol–water partition coefficient (Wildman–Crippen LogP) is 11.7. The van der Waals surface area contributed by atoms with Crippen LogP contribution in [0.1, 0.15) is 0 Å². The van der Waals surface area contributed by atoms with Gasteiger partial charge in [0.2, 0.25) is 0 Å². The number of hydrogen-bond acceptors (Lipinski definition) is 2. The Bertz CT molecular complexity index is 2850. The van der Waals surface area contributed by atoms with Crippen molar-refractivity contribution in [3.05, 3.63) is 182 Å². The van der Waals surface area contributed by atoms with Gasteiger partial charge in [0.25, 0.3) is 0 Å². The molecule has 10 rings (SSSR count). The first-order valence-corrected chi connectivity index (χ1v) is 16.9. The highest BCUT2D eigenvalue weighted by Gasteiger charge is 2.19. The Morgan fingerprint density at radius 1 is 0.400 bits per heavy atom. The van der Waals surface area contributed by atoms with Crippen molar-refractivity contribution in [2.24, 2.45) is 0 Å². The first kappa shape index (κ1) is 28.3. The fraction of sp³-hybridized carbons (Fsp3) is 0. The molecule has 0 N–H and O–H groups in total. The molecule has 0 spiro atoms. The monoisotopic (exact) mass is 638 g/mol. The first-order chi connectivity index (χ1) is 24.8. The van der Waals surface area contributed by atoms with E-state index in [9.17, 15) is 0 Å². The summed E-state index contributed by atoms with van der Waals surface area (Å²) in [6.07, 6.45) is 2.18. The molecule has 3 heterocycles. The summed E-state index contributed by atoms with van der Waals surface area (Å²) in [5.74, 6) is 0.704. The summed E-state index contributed by atoms with van der Waals surface area (Å²) in [5.41, 5.74) is 12.0. The van der Waals surface area contributed by atoms with Crippen LogP contribution in [0.2, 0.25) is 0 Å². The third-order valence-electron chi connectivity index (χ3n) is 9.77. The maximum atomic E-state index is 5.28. The van der Waals surface area contributed by atoms with Crippen LogP contribution in [0, 0.1) is 0 Å². The molecule has 0 aliphatic heterocycles. The molecule has 7 aromatic carbocycles. The molecule has 0 bridgehead atoms. The molecule has 3 aromatic heterocycles. The van der Waals surface area contributed by atoms with E-state index in [4.69, 9.17) is 9.97 Å². The molecule has 0 fully saturated rings. The lowest BCUT2D eigenvalue weighted by Gasteiger charge is -2.14. The van der Waals surface area contributed by atoms with Crippen LogP contribution in [0.15, 0.2) is 182 Å². The topological polar surface area (TPSA) is 35.6 Å². The molecule has 50 heavy (non-hydrogen) atoms. The van der Waals surface area contributed by atoms with Crippen LogP contribution < -0.4 is 0 Å². The van der Waals surface area contributed by atoms with Crippen molar-refractivity contribution in [2.45, 2.75) is 0 Å². The molecule has 234 valence electrons. The summed E-state index contributed by atoms with van der Waals surface area (Å²) < 4.78 is 4.71. The average Bonchev–Trinajstić information content (AvgIpc) is 3.78. The van der Waals surface area contributed by atoms with Gasteiger partial charge in [0.05, 0.1) is 27.8 Å². The predicted molar refractivity (Wildman–Crippen MR) is 207 cm³/mol. The van der Waals surface area contributed by atoms with Gasteiger partial charge in [0.1, 0.15) is 0 Å². The number of nitrogens with zero attached hydrogens (tertiary/aromatic N) is 4. The van der Waals surface area contributed by atoms with Gasteiger partial charge in [-0.05, 0) is 65.7 Å². The van der Waals surface area contributed by atoms with Gasteiger partial charge >= 0.3 is 0 Å². The smallest absolute Gasteiger partial charge is 0.160 e. The normalized spacial score (nSPS) is 11.6. The van der Waals surface area contributed by atoms with Crippen molar-refractivity contribution >= 4 is 43.6 Å². The highest BCUT2D eigenvalue weighted by atomic mass is 15.0. The Balaban J connectivity index is 1.16. The van der Waals surface area contributed by atoms with E-state index in [-0.39, 0.29) is 0 Å². The molecule has 0 amide bonds. The van der Waals surface area contributed by atoms with E-state index in [0.29, 0.717) is 5.82 Å². The Morgan fingerprint density at radius 3 is 1.90 bits per heavy atom. The minimum Gasteiger partial charge on any atom is -0.315 e. The minimum absolute atomic E-state index is 0.704. The Morgan fingerprint density at radius 2 is 1.08 bits per heavy atom. The molecule has 0 saturated carbocycles. The van der Waals surface area contributed by atoms with Crippen molar-refractivity contribution in [2.75, 3.05) is 0 Å². The van der Waals surface area contributed by atoms with Crippen molar-refractivity contribution in [1.29, 1.82) is 0 Å². The molecular weight excluding hydrogens is 609 g/mol. The van der Waals surface area contributed by atoms with Crippen LogP contribution in [-0.4, -0.2) is 19.1 Å². The van der Waals surface area contributed by atoms with Crippen LogP contribution in [0.25, 0.3) is 88.8 Å². The zero-order valence-electron chi connectivity index (χ0n) is 27.1. The van der Waals surface area contributed by atoms with Crippen molar-refractivity contribution in [3.8, 4) is 45.1 Å². The van der Waals surface area contributed by atoms with Gasteiger partial charge in [-0.15, -0.1) is 0 Å². The lowest BCUT2D eigenvalue weighted by atomic mass is 9.95. The molecule has 4 nitrogen and oxygen atoms in total. The molecule has 10 aromatic rings. The van der Waals surface area contributed by atoms with Gasteiger partial charge in [0.15, 0.2) is 5.82 Å². The van der Waals surface area contributed by atoms with E-state index >= 15 is 0 Å². The maximum absolute atomic E-state index is 5.28. The number of rotatable bonds is 5. The van der Waals surface area contributed by atoms with Crippen LogP contribution in [0.5, 0.6) is 0 Å². The molecule has 0 aliphatic carbocycles. The molecule has 4 heteroatoms. The molecule has 0 unspecified atom stereocenters. The quantitative estimate of drug-likeness (QED) is 0.188. The van der Waals surface area contributed by atoms with E-state index in [2.05, 4.69) is 185 Å². The van der Waals surface area contributed by atoms with E-state index < -0.39 is 0 Å². The largest absolute Gasteiger partial charge is 0.315 e. The average molecular weight is 639 g/mol. The van der Waals surface area contributed by atoms with Gasteiger partial charge in [-0.1, -0.05) is 121 Å². The second-order valence-electron chi connectivity index (χ2n) is 12.6. The third kappa shape index (κ3) is 4.46. The van der Waals surface area contributed by atoms with Crippen LogP contribution in [0.4, 0.5) is 0 Å². The second kappa shape index (κ2) is 11.4. The lowest BCUT2D eigenvalue weighted by Crippen LogP contribution is -1.99. The fourth-order valence-electron chi connectivity index (χ4n) is 7.47. The van der Waals surface area contributed by atoms with E-state index in [1.165, 1.54) is 32.7 Å².